The molecule has 3 heteroatoms. The number of phenolic OH excluding ortho intramolecular Hbond substituents is 1. The van der Waals surface area contributed by atoms with Crippen molar-refractivity contribution in [2.75, 3.05) is 0 Å². The molecule has 0 radical (unpaired) electrons. The van der Waals surface area contributed by atoms with Gasteiger partial charge in [0.2, 0.25) is 0 Å². The minimum Gasteiger partial charge on any atom is -0.508 e. The molecule has 0 heterocycles. The number of para-hydroxylation sites is 1. The molecule has 0 aromatic heterocycles. The third-order valence-electron chi connectivity index (χ3n) is 1.82. The normalized spacial score (nSPS) is 9.07. The number of hydrogen-bond donors (Lipinski definition) is 1. The Morgan fingerprint density at radius 2 is 1.27 bits per heavy atom. The van der Waals surface area contributed by atoms with E-state index >= 15 is 0 Å². The summed E-state index contributed by atoms with van der Waals surface area (Å²) in [5.74, 6) is 1.75. The zero-order chi connectivity index (χ0) is 9.80. The van der Waals surface area contributed by atoms with Gasteiger partial charge >= 0.3 is 16.8 Å². The Bertz CT molecular complexity index is 398. The van der Waals surface area contributed by atoms with Crippen LogP contribution in [0.25, 0.3) is 0 Å². The SMILES string of the molecule is Oc1ccc(Oc2ccccc2)cc1.[Co+3]. The maximum atomic E-state index is 9.07. The molecule has 0 aliphatic rings. The number of aromatic hydroxyl groups is 1. The predicted molar refractivity (Wildman–Crippen MR) is 54.6 cm³/mol. The van der Waals surface area contributed by atoms with E-state index in [9.17, 15) is 0 Å². The monoisotopic (exact) mass is 245 g/mol. The molecule has 1 N–H and O–H groups in total. The van der Waals surface area contributed by atoms with Crippen LogP contribution < -0.4 is 4.74 Å². The van der Waals surface area contributed by atoms with Crippen LogP contribution in [0.3, 0.4) is 0 Å². The van der Waals surface area contributed by atoms with Crippen molar-refractivity contribution in [2.24, 2.45) is 0 Å². The van der Waals surface area contributed by atoms with Gasteiger partial charge in [-0.1, -0.05) is 18.2 Å². The van der Waals surface area contributed by atoms with Crippen molar-refractivity contribution in [2.45, 2.75) is 0 Å². The summed E-state index contributed by atoms with van der Waals surface area (Å²) in [6.45, 7) is 0. The van der Waals surface area contributed by atoms with Crippen molar-refractivity contribution < 1.29 is 26.6 Å². The molecule has 15 heavy (non-hydrogen) atoms. The van der Waals surface area contributed by atoms with Crippen LogP contribution in [0.1, 0.15) is 0 Å². The first-order valence-corrected chi connectivity index (χ1v) is 4.36. The van der Waals surface area contributed by atoms with Crippen molar-refractivity contribution in [1.29, 1.82) is 0 Å². The molecule has 0 unspecified atom stereocenters. The smallest absolute Gasteiger partial charge is 0.508 e. The van der Waals surface area contributed by atoms with E-state index in [1.165, 1.54) is 0 Å². The fourth-order valence-electron chi connectivity index (χ4n) is 1.14. The maximum absolute atomic E-state index is 9.07. The van der Waals surface area contributed by atoms with Gasteiger partial charge in [0.05, 0.1) is 0 Å². The Labute approximate surface area is 98.7 Å². The van der Waals surface area contributed by atoms with Crippen molar-refractivity contribution in [3.05, 3.63) is 54.6 Å². The van der Waals surface area contributed by atoms with Gasteiger partial charge in [-0.15, -0.1) is 0 Å². The fourth-order valence-corrected chi connectivity index (χ4v) is 1.14. The number of hydrogen-bond acceptors (Lipinski definition) is 2. The Morgan fingerprint density at radius 3 is 1.87 bits per heavy atom. The summed E-state index contributed by atoms with van der Waals surface area (Å²) >= 11 is 0. The van der Waals surface area contributed by atoms with Crippen molar-refractivity contribution in [1.82, 2.24) is 0 Å². The molecule has 0 saturated heterocycles. The molecule has 0 aliphatic carbocycles. The molecule has 0 atom stereocenters. The van der Waals surface area contributed by atoms with E-state index in [1.54, 1.807) is 24.3 Å². The Kier molecular flexibility index (Phi) is 4.21. The van der Waals surface area contributed by atoms with E-state index in [-0.39, 0.29) is 22.5 Å². The van der Waals surface area contributed by atoms with Crippen LogP contribution in [-0.2, 0) is 16.8 Å². The molecule has 76 valence electrons. The number of benzene rings is 2. The van der Waals surface area contributed by atoms with Crippen LogP contribution in [0.5, 0.6) is 17.2 Å². The molecular weight excluding hydrogens is 235 g/mol. The first-order chi connectivity index (χ1) is 6.84. The van der Waals surface area contributed by atoms with Crippen LogP contribution in [0.2, 0.25) is 0 Å². The van der Waals surface area contributed by atoms with Crippen LogP contribution in [0.15, 0.2) is 54.6 Å². The molecule has 0 amide bonds. The third kappa shape index (κ3) is 3.31. The molecule has 0 saturated carbocycles. The summed E-state index contributed by atoms with van der Waals surface area (Å²) in [7, 11) is 0. The minimum atomic E-state index is 0. The zero-order valence-corrected chi connectivity index (χ0v) is 8.93. The van der Waals surface area contributed by atoms with Crippen LogP contribution in [0.4, 0.5) is 0 Å². The van der Waals surface area contributed by atoms with Gasteiger partial charge in [-0.3, -0.25) is 0 Å². The molecule has 2 aromatic carbocycles. The molecule has 0 aliphatic heterocycles. The van der Waals surface area contributed by atoms with E-state index in [2.05, 4.69) is 0 Å². The summed E-state index contributed by atoms with van der Waals surface area (Å²) in [6.07, 6.45) is 0. The summed E-state index contributed by atoms with van der Waals surface area (Å²) in [6, 6.07) is 16.2. The average molecular weight is 245 g/mol. The van der Waals surface area contributed by atoms with E-state index in [4.69, 9.17) is 9.84 Å². The first-order valence-electron chi connectivity index (χ1n) is 4.36. The van der Waals surface area contributed by atoms with E-state index in [1.807, 2.05) is 30.3 Å². The van der Waals surface area contributed by atoms with Crippen LogP contribution in [0, 0.1) is 0 Å². The van der Waals surface area contributed by atoms with Crippen LogP contribution >= 0.6 is 0 Å². The Morgan fingerprint density at radius 1 is 0.733 bits per heavy atom. The van der Waals surface area contributed by atoms with Crippen molar-refractivity contribution in [3.8, 4) is 17.2 Å². The van der Waals surface area contributed by atoms with Crippen molar-refractivity contribution in [3.63, 3.8) is 0 Å². The van der Waals surface area contributed by atoms with Gasteiger partial charge in [-0.25, -0.2) is 0 Å². The van der Waals surface area contributed by atoms with Gasteiger partial charge in [0.25, 0.3) is 0 Å². The van der Waals surface area contributed by atoms with Gasteiger partial charge in [-0.2, -0.15) is 0 Å². The summed E-state index contributed by atoms with van der Waals surface area (Å²) in [5.41, 5.74) is 0. The van der Waals surface area contributed by atoms with E-state index < -0.39 is 0 Å². The predicted octanol–water partition coefficient (Wildman–Crippen LogP) is 3.18. The molecule has 2 rings (SSSR count). The largest absolute Gasteiger partial charge is 3.00 e. The van der Waals surface area contributed by atoms with Gasteiger partial charge in [0.15, 0.2) is 0 Å². The molecule has 2 aromatic rings. The Balaban J connectivity index is 0.00000112. The zero-order valence-electron chi connectivity index (χ0n) is 7.88. The molecule has 0 spiro atoms. The Hall–Kier alpha value is -1.45. The van der Waals surface area contributed by atoms with Gasteiger partial charge in [-0.05, 0) is 36.4 Å². The summed E-state index contributed by atoms with van der Waals surface area (Å²) < 4.78 is 5.52. The van der Waals surface area contributed by atoms with Gasteiger partial charge in [0, 0.05) is 0 Å². The minimum absolute atomic E-state index is 0. The summed E-state index contributed by atoms with van der Waals surface area (Å²) in [5, 5.41) is 9.07. The quantitative estimate of drug-likeness (QED) is 0.880. The second-order valence-corrected chi connectivity index (χ2v) is 2.91. The number of ether oxygens (including phenoxy) is 1. The van der Waals surface area contributed by atoms with Gasteiger partial charge < -0.3 is 9.84 Å². The van der Waals surface area contributed by atoms with Crippen molar-refractivity contribution >= 4 is 0 Å². The second kappa shape index (κ2) is 5.43. The van der Waals surface area contributed by atoms with Crippen LogP contribution in [-0.4, -0.2) is 5.11 Å². The molecular formula is C12H10CoO2+3. The average Bonchev–Trinajstić information content (AvgIpc) is 2.23. The summed E-state index contributed by atoms with van der Waals surface area (Å²) in [4.78, 5) is 0. The molecule has 0 bridgehead atoms. The number of rotatable bonds is 2. The van der Waals surface area contributed by atoms with Gasteiger partial charge in [0.1, 0.15) is 17.2 Å². The second-order valence-electron chi connectivity index (χ2n) is 2.91. The molecule has 2 nitrogen and oxygen atoms in total. The maximum Gasteiger partial charge on any atom is 3.00 e. The fraction of sp³-hybridized carbons (Fsp3) is 0. The van der Waals surface area contributed by atoms with E-state index in [0.29, 0.717) is 5.75 Å². The topological polar surface area (TPSA) is 29.5 Å². The number of phenols is 1. The third-order valence-corrected chi connectivity index (χ3v) is 1.82. The standard InChI is InChI=1S/C12H10O2.Co/c13-10-6-8-12(9-7-10)14-11-4-2-1-3-5-11;/h1-9,13H;/q;+3. The van der Waals surface area contributed by atoms with E-state index in [0.717, 1.165) is 5.75 Å². The first kappa shape index (κ1) is 11.6. The molecule has 0 fully saturated rings.